The van der Waals surface area contributed by atoms with Gasteiger partial charge < -0.3 is 24.3 Å². The molecule has 0 aliphatic carbocycles. The first-order valence-corrected chi connectivity index (χ1v) is 11.7. The standard InChI is InChI=1S/C27H26N4O2S/c1-3-30-18-6-8-24(30)26-25(23-7-4-5-17-28-23)29-27(34)31(26)19-9-11-21(12-10-19)33-22-15-13-20(32-2)14-16-22/h4-18,25-26H,3H2,1-2H3,(H,29,34). The van der Waals surface area contributed by atoms with E-state index >= 15 is 0 Å². The molecular formula is C27H26N4O2S. The van der Waals surface area contributed by atoms with Crippen LogP contribution in [-0.2, 0) is 6.54 Å². The Labute approximate surface area is 204 Å². The van der Waals surface area contributed by atoms with Crippen LogP contribution in [-0.4, -0.2) is 21.8 Å². The van der Waals surface area contributed by atoms with Gasteiger partial charge in [-0.25, -0.2) is 0 Å². The van der Waals surface area contributed by atoms with E-state index in [0.29, 0.717) is 5.11 Å². The molecule has 1 fully saturated rings. The molecule has 0 amide bonds. The molecule has 5 rings (SSSR count). The van der Waals surface area contributed by atoms with Gasteiger partial charge in [0.05, 0.1) is 18.8 Å². The van der Waals surface area contributed by atoms with E-state index in [2.05, 4.69) is 45.0 Å². The summed E-state index contributed by atoms with van der Waals surface area (Å²) in [6.07, 6.45) is 3.93. The quantitative estimate of drug-likeness (QED) is 0.340. The molecule has 3 heterocycles. The highest BCUT2D eigenvalue weighted by molar-refractivity contribution is 7.80. The Balaban J connectivity index is 1.46. The lowest BCUT2D eigenvalue weighted by Gasteiger charge is -2.29. The molecular weight excluding hydrogens is 444 g/mol. The van der Waals surface area contributed by atoms with Crippen LogP contribution in [0.2, 0.25) is 0 Å². The Morgan fingerprint density at radius 3 is 2.26 bits per heavy atom. The Morgan fingerprint density at radius 1 is 0.912 bits per heavy atom. The summed E-state index contributed by atoms with van der Waals surface area (Å²) in [6, 6.07) is 25.7. The normalized spacial score (nSPS) is 17.5. The van der Waals surface area contributed by atoms with E-state index in [4.69, 9.17) is 21.7 Å². The minimum Gasteiger partial charge on any atom is -0.497 e. The van der Waals surface area contributed by atoms with Gasteiger partial charge in [0.15, 0.2) is 5.11 Å². The number of nitrogens with one attached hydrogen (secondary N) is 1. The van der Waals surface area contributed by atoms with Crippen LogP contribution in [0, 0.1) is 0 Å². The highest BCUT2D eigenvalue weighted by Crippen LogP contribution is 2.42. The predicted molar refractivity (Wildman–Crippen MR) is 138 cm³/mol. The monoisotopic (exact) mass is 470 g/mol. The van der Waals surface area contributed by atoms with Gasteiger partial charge in [0, 0.05) is 30.3 Å². The molecule has 0 spiro atoms. The molecule has 7 heteroatoms. The fourth-order valence-electron chi connectivity index (χ4n) is 4.37. The second-order valence-electron chi connectivity index (χ2n) is 7.99. The molecule has 2 unspecified atom stereocenters. The Morgan fingerprint density at radius 2 is 1.62 bits per heavy atom. The average molecular weight is 471 g/mol. The maximum atomic E-state index is 6.01. The van der Waals surface area contributed by atoms with E-state index in [1.807, 2.05) is 72.9 Å². The second kappa shape index (κ2) is 9.57. The number of ether oxygens (including phenoxy) is 2. The van der Waals surface area contributed by atoms with Crippen LogP contribution in [0.3, 0.4) is 0 Å². The number of nitrogens with zero attached hydrogens (tertiary/aromatic N) is 3. The SMILES string of the molecule is CCn1cccc1C1C(c2ccccn2)NC(=S)N1c1ccc(Oc2ccc(OC)cc2)cc1. The van der Waals surface area contributed by atoms with Gasteiger partial charge in [-0.05, 0) is 91.9 Å². The summed E-state index contributed by atoms with van der Waals surface area (Å²) >= 11 is 5.83. The highest BCUT2D eigenvalue weighted by atomic mass is 32.1. The van der Waals surface area contributed by atoms with Crippen molar-refractivity contribution in [2.45, 2.75) is 25.6 Å². The largest absolute Gasteiger partial charge is 0.497 e. The minimum absolute atomic E-state index is 0.0364. The molecule has 172 valence electrons. The van der Waals surface area contributed by atoms with Crippen LogP contribution in [0.4, 0.5) is 5.69 Å². The van der Waals surface area contributed by atoms with Gasteiger partial charge in [-0.15, -0.1) is 0 Å². The summed E-state index contributed by atoms with van der Waals surface area (Å²) in [5, 5.41) is 4.19. The van der Waals surface area contributed by atoms with Gasteiger partial charge in [-0.2, -0.15) is 0 Å². The smallest absolute Gasteiger partial charge is 0.174 e. The number of aromatic nitrogens is 2. The van der Waals surface area contributed by atoms with E-state index in [9.17, 15) is 0 Å². The number of thiocarbonyl (C=S) groups is 1. The van der Waals surface area contributed by atoms with Crippen molar-refractivity contribution in [2.75, 3.05) is 12.0 Å². The van der Waals surface area contributed by atoms with E-state index in [0.717, 1.165) is 35.2 Å². The number of rotatable bonds is 7. The van der Waals surface area contributed by atoms with Crippen LogP contribution < -0.4 is 19.7 Å². The van der Waals surface area contributed by atoms with Crippen molar-refractivity contribution >= 4 is 23.0 Å². The van der Waals surface area contributed by atoms with Crippen LogP contribution >= 0.6 is 12.2 Å². The number of benzene rings is 2. The zero-order valence-electron chi connectivity index (χ0n) is 19.1. The molecule has 2 aromatic heterocycles. The molecule has 1 N–H and O–H groups in total. The Kier molecular flexibility index (Phi) is 6.18. The third-order valence-electron chi connectivity index (χ3n) is 6.02. The number of hydrogen-bond donors (Lipinski definition) is 1. The maximum absolute atomic E-state index is 6.01. The number of aryl methyl sites for hydroxylation is 1. The number of hydrogen-bond acceptors (Lipinski definition) is 4. The summed E-state index contributed by atoms with van der Waals surface area (Å²) in [4.78, 5) is 6.80. The van der Waals surface area contributed by atoms with Gasteiger partial charge in [-0.3, -0.25) is 4.98 Å². The molecule has 2 aromatic carbocycles. The third kappa shape index (κ3) is 4.22. The zero-order chi connectivity index (χ0) is 23.5. The zero-order valence-corrected chi connectivity index (χ0v) is 19.9. The molecule has 34 heavy (non-hydrogen) atoms. The lowest BCUT2D eigenvalue weighted by atomic mass is 10.0. The van der Waals surface area contributed by atoms with Crippen molar-refractivity contribution < 1.29 is 9.47 Å². The van der Waals surface area contributed by atoms with Gasteiger partial charge >= 0.3 is 0 Å². The lowest BCUT2D eigenvalue weighted by molar-refractivity contribution is 0.413. The molecule has 2 atom stereocenters. The first-order valence-electron chi connectivity index (χ1n) is 11.3. The van der Waals surface area contributed by atoms with Crippen LogP contribution in [0.15, 0.2) is 91.3 Å². The molecule has 0 radical (unpaired) electrons. The molecule has 0 saturated carbocycles. The summed E-state index contributed by atoms with van der Waals surface area (Å²) in [5.74, 6) is 2.30. The number of pyridine rings is 1. The molecule has 6 nitrogen and oxygen atoms in total. The second-order valence-corrected chi connectivity index (χ2v) is 8.37. The van der Waals surface area contributed by atoms with Crippen LogP contribution in [0.1, 0.15) is 30.4 Å². The fourth-order valence-corrected chi connectivity index (χ4v) is 4.72. The molecule has 1 aliphatic heterocycles. The predicted octanol–water partition coefficient (Wildman–Crippen LogP) is 5.88. The van der Waals surface area contributed by atoms with Gasteiger partial charge in [-0.1, -0.05) is 6.07 Å². The first-order chi connectivity index (χ1) is 16.7. The average Bonchev–Trinajstić information content (AvgIpc) is 3.49. The van der Waals surface area contributed by atoms with Crippen molar-refractivity contribution in [3.05, 3.63) is 103 Å². The summed E-state index contributed by atoms with van der Waals surface area (Å²) in [6.45, 7) is 3.03. The third-order valence-corrected chi connectivity index (χ3v) is 6.33. The van der Waals surface area contributed by atoms with Gasteiger partial charge in [0.1, 0.15) is 23.3 Å². The first kappa shape index (κ1) is 22.0. The maximum Gasteiger partial charge on any atom is 0.174 e. The highest BCUT2D eigenvalue weighted by Gasteiger charge is 2.41. The summed E-state index contributed by atoms with van der Waals surface area (Å²) in [5.41, 5.74) is 3.14. The molecule has 1 aliphatic rings. The van der Waals surface area contributed by atoms with E-state index in [1.54, 1.807) is 7.11 Å². The lowest BCUT2D eigenvalue weighted by Crippen LogP contribution is -2.30. The molecule has 4 aromatic rings. The molecule has 1 saturated heterocycles. The fraction of sp³-hybridized carbons (Fsp3) is 0.185. The minimum atomic E-state index is -0.0656. The molecule has 0 bridgehead atoms. The van der Waals surface area contributed by atoms with Crippen molar-refractivity contribution in [1.82, 2.24) is 14.9 Å². The summed E-state index contributed by atoms with van der Waals surface area (Å²) in [7, 11) is 1.65. The van der Waals surface area contributed by atoms with Crippen molar-refractivity contribution in [3.8, 4) is 17.2 Å². The van der Waals surface area contributed by atoms with Gasteiger partial charge in [0.25, 0.3) is 0 Å². The topological polar surface area (TPSA) is 51.6 Å². The van der Waals surface area contributed by atoms with Crippen LogP contribution in [0.5, 0.6) is 17.2 Å². The van der Waals surface area contributed by atoms with Crippen molar-refractivity contribution in [3.63, 3.8) is 0 Å². The Bertz CT molecular complexity index is 1260. The Hall–Kier alpha value is -3.84. The number of anilines is 1. The van der Waals surface area contributed by atoms with Crippen molar-refractivity contribution in [1.29, 1.82) is 0 Å². The van der Waals surface area contributed by atoms with Gasteiger partial charge in [0.2, 0.25) is 0 Å². The number of methoxy groups -OCH3 is 1. The van der Waals surface area contributed by atoms with E-state index < -0.39 is 0 Å². The van der Waals surface area contributed by atoms with Crippen molar-refractivity contribution in [2.24, 2.45) is 0 Å². The summed E-state index contributed by atoms with van der Waals surface area (Å²) < 4.78 is 13.5. The van der Waals surface area contributed by atoms with E-state index in [-0.39, 0.29) is 12.1 Å². The van der Waals surface area contributed by atoms with E-state index in [1.165, 1.54) is 5.69 Å². The van der Waals surface area contributed by atoms with Crippen LogP contribution in [0.25, 0.3) is 0 Å².